The second kappa shape index (κ2) is 5.37. The van der Waals surface area contributed by atoms with E-state index in [4.69, 9.17) is 0 Å². The molecule has 2 aromatic rings. The van der Waals surface area contributed by atoms with Crippen molar-refractivity contribution in [1.82, 2.24) is 25.1 Å². The van der Waals surface area contributed by atoms with Gasteiger partial charge >= 0.3 is 0 Å². The van der Waals surface area contributed by atoms with E-state index in [0.29, 0.717) is 0 Å². The van der Waals surface area contributed by atoms with Crippen molar-refractivity contribution in [1.29, 1.82) is 0 Å². The quantitative estimate of drug-likeness (QED) is 0.743. The molecule has 5 heteroatoms. The molecule has 0 aliphatic heterocycles. The average molecular weight is 217 g/mol. The maximum absolute atomic E-state index is 4.26. The Hall–Kier alpha value is -1.75. The number of aryl methyl sites for hydroxylation is 1. The van der Waals surface area contributed by atoms with E-state index < -0.39 is 0 Å². The number of hydrogen-bond donors (Lipinski definition) is 1. The zero-order chi connectivity index (χ0) is 11.2. The molecule has 2 aromatic heterocycles. The SMILES string of the molecule is Cn1cnnc1CNCCc1ccccn1. The van der Waals surface area contributed by atoms with Gasteiger partial charge in [0.1, 0.15) is 12.2 Å². The first kappa shape index (κ1) is 10.8. The largest absolute Gasteiger partial charge is 0.320 e. The first-order chi connectivity index (χ1) is 7.86. The van der Waals surface area contributed by atoms with Crippen LogP contribution in [0.15, 0.2) is 30.7 Å². The van der Waals surface area contributed by atoms with Gasteiger partial charge in [-0.25, -0.2) is 0 Å². The highest BCUT2D eigenvalue weighted by molar-refractivity contribution is 5.03. The Bertz CT molecular complexity index is 423. The third kappa shape index (κ3) is 2.87. The van der Waals surface area contributed by atoms with Crippen LogP contribution in [0.1, 0.15) is 11.5 Å². The highest BCUT2D eigenvalue weighted by Gasteiger charge is 1.99. The summed E-state index contributed by atoms with van der Waals surface area (Å²) in [7, 11) is 1.94. The number of pyridine rings is 1. The summed E-state index contributed by atoms with van der Waals surface area (Å²) in [5, 5.41) is 11.1. The minimum absolute atomic E-state index is 0.739. The molecule has 0 amide bonds. The molecule has 0 aromatic carbocycles. The van der Waals surface area contributed by atoms with E-state index in [2.05, 4.69) is 20.5 Å². The van der Waals surface area contributed by atoms with Gasteiger partial charge in [0.05, 0.1) is 6.54 Å². The van der Waals surface area contributed by atoms with E-state index in [1.54, 1.807) is 6.33 Å². The standard InChI is InChI=1S/C11H15N5/c1-16-9-14-15-11(16)8-12-7-5-10-4-2-3-6-13-10/h2-4,6,9,12H,5,7-8H2,1H3. The maximum atomic E-state index is 4.26. The van der Waals surface area contributed by atoms with E-state index in [1.165, 1.54) is 0 Å². The second-order valence-corrected chi connectivity index (χ2v) is 3.61. The van der Waals surface area contributed by atoms with Crippen LogP contribution < -0.4 is 5.32 Å². The van der Waals surface area contributed by atoms with Gasteiger partial charge in [-0.05, 0) is 12.1 Å². The molecule has 0 spiro atoms. The molecule has 0 radical (unpaired) electrons. The van der Waals surface area contributed by atoms with Gasteiger partial charge in [0, 0.05) is 31.9 Å². The summed E-state index contributed by atoms with van der Waals surface area (Å²) < 4.78 is 1.91. The molecule has 0 aliphatic carbocycles. The Balaban J connectivity index is 1.72. The van der Waals surface area contributed by atoms with Crippen LogP contribution in [0.2, 0.25) is 0 Å². The highest BCUT2D eigenvalue weighted by atomic mass is 15.3. The Morgan fingerprint density at radius 2 is 2.31 bits per heavy atom. The summed E-state index contributed by atoms with van der Waals surface area (Å²) in [4.78, 5) is 4.26. The molecule has 0 saturated carbocycles. The number of rotatable bonds is 5. The molecule has 16 heavy (non-hydrogen) atoms. The lowest BCUT2D eigenvalue weighted by atomic mass is 10.3. The molecule has 0 aliphatic rings. The van der Waals surface area contributed by atoms with Gasteiger partial charge in [-0.3, -0.25) is 4.98 Å². The van der Waals surface area contributed by atoms with E-state index in [-0.39, 0.29) is 0 Å². The molecule has 5 nitrogen and oxygen atoms in total. The van der Waals surface area contributed by atoms with Crippen LogP contribution in [-0.4, -0.2) is 26.3 Å². The van der Waals surface area contributed by atoms with Crippen molar-refractivity contribution in [2.75, 3.05) is 6.54 Å². The van der Waals surface area contributed by atoms with Gasteiger partial charge in [-0.15, -0.1) is 10.2 Å². The minimum atomic E-state index is 0.739. The van der Waals surface area contributed by atoms with Crippen molar-refractivity contribution in [2.24, 2.45) is 7.05 Å². The lowest BCUT2D eigenvalue weighted by molar-refractivity contribution is 0.632. The van der Waals surface area contributed by atoms with E-state index in [1.807, 2.05) is 36.0 Å². The van der Waals surface area contributed by atoms with Gasteiger partial charge in [0.25, 0.3) is 0 Å². The minimum Gasteiger partial charge on any atom is -0.320 e. The maximum Gasteiger partial charge on any atom is 0.146 e. The molecule has 1 N–H and O–H groups in total. The van der Waals surface area contributed by atoms with Crippen molar-refractivity contribution in [2.45, 2.75) is 13.0 Å². The molecule has 0 saturated heterocycles. The van der Waals surface area contributed by atoms with Gasteiger partial charge < -0.3 is 9.88 Å². The summed E-state index contributed by atoms with van der Waals surface area (Å²) >= 11 is 0. The second-order valence-electron chi connectivity index (χ2n) is 3.61. The third-order valence-electron chi connectivity index (χ3n) is 2.37. The average Bonchev–Trinajstić information content (AvgIpc) is 2.72. The molecular formula is C11H15N5. The molecule has 0 atom stereocenters. The first-order valence-electron chi connectivity index (χ1n) is 5.30. The molecule has 0 bridgehead atoms. The zero-order valence-corrected chi connectivity index (χ0v) is 9.30. The third-order valence-corrected chi connectivity index (χ3v) is 2.37. The van der Waals surface area contributed by atoms with Crippen molar-refractivity contribution >= 4 is 0 Å². The predicted molar refractivity (Wildman–Crippen MR) is 60.7 cm³/mol. The van der Waals surface area contributed by atoms with Gasteiger partial charge in [0.2, 0.25) is 0 Å². The lowest BCUT2D eigenvalue weighted by Gasteiger charge is -2.03. The monoisotopic (exact) mass is 217 g/mol. The Morgan fingerprint density at radius 3 is 3.00 bits per heavy atom. The van der Waals surface area contributed by atoms with Crippen molar-refractivity contribution in [3.63, 3.8) is 0 Å². The van der Waals surface area contributed by atoms with Crippen molar-refractivity contribution < 1.29 is 0 Å². The zero-order valence-electron chi connectivity index (χ0n) is 9.30. The highest BCUT2D eigenvalue weighted by Crippen LogP contribution is 1.94. The molecule has 0 unspecified atom stereocenters. The summed E-state index contributed by atoms with van der Waals surface area (Å²) in [5.41, 5.74) is 1.10. The number of aromatic nitrogens is 4. The van der Waals surface area contributed by atoms with E-state index >= 15 is 0 Å². The Morgan fingerprint density at radius 1 is 1.38 bits per heavy atom. The fourth-order valence-electron chi connectivity index (χ4n) is 1.43. The number of nitrogens with zero attached hydrogens (tertiary/aromatic N) is 4. The van der Waals surface area contributed by atoms with E-state index in [0.717, 1.165) is 31.0 Å². The fourth-order valence-corrected chi connectivity index (χ4v) is 1.43. The predicted octanol–water partition coefficient (Wildman–Crippen LogP) is 0.542. The van der Waals surface area contributed by atoms with Crippen LogP contribution >= 0.6 is 0 Å². The van der Waals surface area contributed by atoms with Crippen molar-refractivity contribution in [3.05, 3.63) is 42.2 Å². The van der Waals surface area contributed by atoms with Crippen LogP contribution in [0, 0.1) is 0 Å². The molecule has 0 fully saturated rings. The van der Waals surface area contributed by atoms with Crippen LogP contribution in [0.25, 0.3) is 0 Å². The molecule has 2 rings (SSSR count). The van der Waals surface area contributed by atoms with Crippen LogP contribution in [0.3, 0.4) is 0 Å². The first-order valence-corrected chi connectivity index (χ1v) is 5.30. The van der Waals surface area contributed by atoms with E-state index in [9.17, 15) is 0 Å². The van der Waals surface area contributed by atoms with Crippen LogP contribution in [0.4, 0.5) is 0 Å². The van der Waals surface area contributed by atoms with Crippen LogP contribution in [0.5, 0.6) is 0 Å². The van der Waals surface area contributed by atoms with Crippen LogP contribution in [-0.2, 0) is 20.0 Å². The Kier molecular flexibility index (Phi) is 3.61. The topological polar surface area (TPSA) is 55.6 Å². The number of nitrogens with one attached hydrogen (secondary N) is 1. The molecular weight excluding hydrogens is 202 g/mol. The fraction of sp³-hybridized carbons (Fsp3) is 0.364. The van der Waals surface area contributed by atoms with Gasteiger partial charge in [-0.2, -0.15) is 0 Å². The summed E-state index contributed by atoms with van der Waals surface area (Å²) in [6.07, 6.45) is 4.45. The summed E-state index contributed by atoms with van der Waals surface area (Å²) in [5.74, 6) is 0.945. The molecule has 2 heterocycles. The van der Waals surface area contributed by atoms with Crippen molar-refractivity contribution in [3.8, 4) is 0 Å². The molecule has 84 valence electrons. The number of hydrogen-bond acceptors (Lipinski definition) is 4. The Labute approximate surface area is 94.5 Å². The lowest BCUT2D eigenvalue weighted by Crippen LogP contribution is -2.19. The van der Waals surface area contributed by atoms with Gasteiger partial charge in [0.15, 0.2) is 0 Å². The smallest absolute Gasteiger partial charge is 0.146 e. The summed E-state index contributed by atoms with van der Waals surface area (Å²) in [6, 6.07) is 5.96. The summed E-state index contributed by atoms with van der Waals surface area (Å²) in [6.45, 7) is 1.63. The normalized spacial score (nSPS) is 10.6. The van der Waals surface area contributed by atoms with Gasteiger partial charge in [-0.1, -0.05) is 6.07 Å².